The van der Waals surface area contributed by atoms with E-state index in [0.29, 0.717) is 0 Å². The minimum Gasteiger partial charge on any atom is -0.549 e. The van der Waals surface area contributed by atoms with Gasteiger partial charge in [-0.15, -0.1) is 0 Å². The van der Waals surface area contributed by atoms with Crippen molar-refractivity contribution in [2.45, 2.75) is 6.92 Å². The third-order valence-corrected chi connectivity index (χ3v) is 1.15. The molecule has 0 spiro atoms. The molecular weight excluding hydrogens is 164 g/mol. The molecule has 0 heterocycles. The summed E-state index contributed by atoms with van der Waals surface area (Å²) < 4.78 is 0. The maximum absolute atomic E-state index is 10.8. The fraction of sp³-hybridized carbons (Fsp3) is 0.286. The molecule has 0 N–H and O–H groups in total. The van der Waals surface area contributed by atoms with Gasteiger partial charge in [-0.1, -0.05) is 6.58 Å². The molecule has 5 nitrogen and oxygen atoms in total. The second kappa shape index (κ2) is 3.66. The quantitative estimate of drug-likeness (QED) is 0.336. The van der Waals surface area contributed by atoms with E-state index >= 15 is 0 Å². The van der Waals surface area contributed by atoms with Gasteiger partial charge >= 0.3 is 0 Å². The monoisotopic (exact) mass is 170 g/mol. The summed E-state index contributed by atoms with van der Waals surface area (Å²) in [5.74, 6) is -7.32. The van der Waals surface area contributed by atoms with Gasteiger partial charge in [-0.3, -0.25) is 4.79 Å². The van der Waals surface area contributed by atoms with Gasteiger partial charge in [0.1, 0.15) is 5.92 Å². The molecule has 0 aromatic carbocycles. The maximum atomic E-state index is 10.8. The second-order valence-corrected chi connectivity index (χ2v) is 2.22. The van der Waals surface area contributed by atoms with Crippen LogP contribution in [-0.2, 0) is 14.4 Å². The molecule has 12 heavy (non-hydrogen) atoms. The number of carbonyl (C=O) groups is 3. The fourth-order valence-corrected chi connectivity index (χ4v) is 0.557. The molecule has 0 saturated carbocycles. The van der Waals surface area contributed by atoms with Gasteiger partial charge in [0, 0.05) is 0 Å². The highest BCUT2D eigenvalue weighted by Crippen LogP contribution is 2.02. The molecule has 66 valence electrons. The summed E-state index contributed by atoms with van der Waals surface area (Å²) in [6, 6.07) is 0. The SMILES string of the molecule is C=C(C)C(=O)C(C(=O)[O-])C(=O)[O-]. The number of hydrogen-bond acceptors (Lipinski definition) is 5. The van der Waals surface area contributed by atoms with Gasteiger partial charge in [0.25, 0.3) is 0 Å². The van der Waals surface area contributed by atoms with Crippen LogP contribution in [0.1, 0.15) is 6.92 Å². The molecule has 0 aromatic rings. The Kier molecular flexibility index (Phi) is 3.15. The predicted octanol–water partition coefficient (Wildman–Crippen LogP) is -2.75. The molecular formula is C7H6O5-2. The van der Waals surface area contributed by atoms with Crippen molar-refractivity contribution in [3.8, 4) is 0 Å². The van der Waals surface area contributed by atoms with Crippen LogP contribution in [0.25, 0.3) is 0 Å². The summed E-state index contributed by atoms with van der Waals surface area (Å²) in [6.45, 7) is 4.32. The average Bonchev–Trinajstić information content (AvgIpc) is 1.85. The largest absolute Gasteiger partial charge is 0.549 e. The Balaban J connectivity index is 4.76. The molecule has 0 bridgehead atoms. The Morgan fingerprint density at radius 2 is 1.50 bits per heavy atom. The van der Waals surface area contributed by atoms with E-state index in [4.69, 9.17) is 0 Å². The number of carboxylic acid groups (broad SMARTS) is 2. The number of carboxylic acids is 2. The Bertz CT molecular complexity index is 239. The van der Waals surface area contributed by atoms with Crippen molar-refractivity contribution in [1.29, 1.82) is 0 Å². The first-order chi connectivity index (χ1) is 5.37. The number of allylic oxidation sites excluding steroid dienone is 1. The molecule has 0 radical (unpaired) electrons. The summed E-state index contributed by atoms with van der Waals surface area (Å²) >= 11 is 0. The molecule has 0 aliphatic rings. The number of hydrogen-bond donors (Lipinski definition) is 0. The summed E-state index contributed by atoms with van der Waals surface area (Å²) in [6.07, 6.45) is 0. The second-order valence-electron chi connectivity index (χ2n) is 2.22. The van der Waals surface area contributed by atoms with E-state index in [-0.39, 0.29) is 5.57 Å². The van der Waals surface area contributed by atoms with Crippen molar-refractivity contribution in [2.75, 3.05) is 0 Å². The highest BCUT2D eigenvalue weighted by molar-refractivity contribution is 6.18. The zero-order chi connectivity index (χ0) is 9.89. The van der Waals surface area contributed by atoms with Crippen molar-refractivity contribution < 1.29 is 24.6 Å². The Hall–Kier alpha value is -1.65. The Morgan fingerprint density at radius 3 is 1.58 bits per heavy atom. The van der Waals surface area contributed by atoms with Crippen molar-refractivity contribution in [1.82, 2.24) is 0 Å². The van der Waals surface area contributed by atoms with E-state index in [9.17, 15) is 24.6 Å². The zero-order valence-electron chi connectivity index (χ0n) is 6.33. The number of carbonyl (C=O) groups excluding carboxylic acids is 3. The van der Waals surface area contributed by atoms with Crippen LogP contribution in [0.2, 0.25) is 0 Å². The van der Waals surface area contributed by atoms with Crippen molar-refractivity contribution in [2.24, 2.45) is 5.92 Å². The smallest absolute Gasteiger partial charge is 0.172 e. The van der Waals surface area contributed by atoms with Crippen LogP contribution < -0.4 is 10.2 Å². The number of Topliss-reactive ketones (excluding diaryl/α,β-unsaturated/α-hetero) is 1. The zero-order valence-corrected chi connectivity index (χ0v) is 6.33. The summed E-state index contributed by atoms with van der Waals surface area (Å²) in [5, 5.41) is 20.2. The molecule has 0 aliphatic carbocycles. The van der Waals surface area contributed by atoms with E-state index in [1.165, 1.54) is 6.92 Å². The molecule has 0 unspecified atom stereocenters. The van der Waals surface area contributed by atoms with Gasteiger partial charge in [-0.05, 0) is 12.5 Å². The van der Waals surface area contributed by atoms with Crippen LogP contribution in [-0.4, -0.2) is 17.7 Å². The summed E-state index contributed by atoms with van der Waals surface area (Å²) in [7, 11) is 0. The van der Waals surface area contributed by atoms with Gasteiger partial charge in [0.15, 0.2) is 5.78 Å². The van der Waals surface area contributed by atoms with E-state index in [0.717, 1.165) is 0 Å². The summed E-state index contributed by atoms with van der Waals surface area (Å²) in [5.41, 5.74) is -0.159. The molecule has 0 aliphatic heterocycles. The third kappa shape index (κ3) is 2.19. The van der Waals surface area contributed by atoms with Crippen LogP contribution in [0.4, 0.5) is 0 Å². The van der Waals surface area contributed by atoms with Gasteiger partial charge in [0.2, 0.25) is 0 Å². The highest BCUT2D eigenvalue weighted by Gasteiger charge is 2.21. The summed E-state index contributed by atoms with van der Waals surface area (Å²) in [4.78, 5) is 31.0. The van der Waals surface area contributed by atoms with Gasteiger partial charge in [0.05, 0.1) is 11.9 Å². The average molecular weight is 170 g/mol. The van der Waals surface area contributed by atoms with E-state index in [1.54, 1.807) is 0 Å². The van der Waals surface area contributed by atoms with E-state index in [2.05, 4.69) is 6.58 Å². The standard InChI is InChI=1S/C7H8O5/c1-3(2)5(8)4(6(9)10)7(11)12/h4H,1H2,2H3,(H,9,10)(H,11,12)/p-2. The number of ketones is 1. The Labute approximate surface area is 68.3 Å². The normalized spacial score (nSPS) is 9.50. The highest BCUT2D eigenvalue weighted by atomic mass is 16.4. The predicted molar refractivity (Wildman–Crippen MR) is 33.3 cm³/mol. The molecule has 0 rings (SSSR count). The lowest BCUT2D eigenvalue weighted by atomic mass is 10.00. The fourth-order valence-electron chi connectivity index (χ4n) is 0.557. The van der Waals surface area contributed by atoms with Crippen LogP contribution in [0, 0.1) is 5.92 Å². The lowest BCUT2D eigenvalue weighted by Gasteiger charge is -2.17. The lowest BCUT2D eigenvalue weighted by molar-refractivity contribution is -0.328. The van der Waals surface area contributed by atoms with Crippen molar-refractivity contribution in [3.05, 3.63) is 12.2 Å². The third-order valence-electron chi connectivity index (χ3n) is 1.15. The van der Waals surface area contributed by atoms with Crippen LogP contribution >= 0.6 is 0 Å². The van der Waals surface area contributed by atoms with Gasteiger partial charge in [-0.2, -0.15) is 0 Å². The van der Waals surface area contributed by atoms with Gasteiger partial charge < -0.3 is 19.8 Å². The van der Waals surface area contributed by atoms with Crippen molar-refractivity contribution >= 4 is 17.7 Å². The van der Waals surface area contributed by atoms with Crippen LogP contribution in [0.15, 0.2) is 12.2 Å². The number of rotatable bonds is 4. The van der Waals surface area contributed by atoms with Crippen molar-refractivity contribution in [3.63, 3.8) is 0 Å². The first-order valence-electron chi connectivity index (χ1n) is 2.99. The molecule has 0 atom stereocenters. The minimum absolute atomic E-state index is 0.159. The first kappa shape index (κ1) is 10.3. The Morgan fingerprint density at radius 1 is 1.17 bits per heavy atom. The number of aliphatic carboxylic acids is 2. The molecule has 0 amide bonds. The van der Waals surface area contributed by atoms with E-state index < -0.39 is 23.6 Å². The lowest BCUT2D eigenvalue weighted by Crippen LogP contribution is -2.47. The van der Waals surface area contributed by atoms with Gasteiger partial charge in [-0.25, -0.2) is 0 Å². The molecule has 0 aromatic heterocycles. The van der Waals surface area contributed by atoms with Crippen LogP contribution in [0.5, 0.6) is 0 Å². The van der Waals surface area contributed by atoms with Crippen LogP contribution in [0.3, 0.4) is 0 Å². The molecule has 0 saturated heterocycles. The topological polar surface area (TPSA) is 97.3 Å². The van der Waals surface area contributed by atoms with E-state index in [1.807, 2.05) is 0 Å². The molecule has 0 fully saturated rings. The molecule has 5 heteroatoms. The maximum Gasteiger partial charge on any atom is 0.172 e. The first-order valence-corrected chi connectivity index (χ1v) is 2.99. The minimum atomic E-state index is -2.25.